The molecule has 0 spiro atoms. The van der Waals surface area contributed by atoms with Crippen molar-refractivity contribution in [3.63, 3.8) is 0 Å². The van der Waals surface area contributed by atoms with Gasteiger partial charge in [0.25, 0.3) is 0 Å². The molecule has 0 amide bonds. The normalized spacial score (nSPS) is 24.6. The van der Waals surface area contributed by atoms with Crippen LogP contribution in [0.3, 0.4) is 0 Å². The Hall–Kier alpha value is -2.08. The minimum atomic E-state index is -0.539. The summed E-state index contributed by atoms with van der Waals surface area (Å²) in [4.78, 5) is 22.1. The van der Waals surface area contributed by atoms with E-state index >= 15 is 0 Å². The average Bonchev–Trinajstić information content (AvgIpc) is 2.79. The number of phenolic OH excluding ortho intramolecular Hbond substituents is 1. The summed E-state index contributed by atoms with van der Waals surface area (Å²) in [6, 6.07) is 6.82. The van der Waals surface area contributed by atoms with Gasteiger partial charge in [0.05, 0.1) is 6.10 Å². The highest BCUT2D eigenvalue weighted by Crippen LogP contribution is 2.38. The van der Waals surface area contributed by atoms with Crippen molar-refractivity contribution in [2.24, 2.45) is 0 Å². The molecule has 21 heavy (non-hydrogen) atoms. The van der Waals surface area contributed by atoms with E-state index in [-0.39, 0.29) is 12.4 Å². The quantitative estimate of drug-likeness (QED) is 0.851. The number of carbonyl (C=O) groups is 2. The zero-order valence-corrected chi connectivity index (χ0v) is 11.9. The van der Waals surface area contributed by atoms with Crippen LogP contribution >= 0.6 is 0 Å². The lowest BCUT2D eigenvalue weighted by Gasteiger charge is -2.17. The molecule has 6 heteroatoms. The Labute approximate surface area is 122 Å². The molecule has 1 N–H and O–H groups in total. The van der Waals surface area contributed by atoms with Crippen LogP contribution in [0.4, 0.5) is 0 Å². The molecule has 0 radical (unpaired) electrons. The minimum absolute atomic E-state index is 0.0113. The van der Waals surface area contributed by atoms with E-state index in [1.165, 1.54) is 13.8 Å². The molecular formula is C15H18O6. The second-order valence-corrected chi connectivity index (χ2v) is 4.91. The number of hydrogen-bond donors (Lipinski definition) is 1. The molecule has 0 bridgehead atoms. The third-order valence-corrected chi connectivity index (χ3v) is 3.25. The molecule has 2 rings (SSSR count). The van der Waals surface area contributed by atoms with E-state index in [2.05, 4.69) is 0 Å². The fourth-order valence-electron chi connectivity index (χ4n) is 2.36. The molecular weight excluding hydrogens is 276 g/mol. The van der Waals surface area contributed by atoms with Crippen LogP contribution in [0.5, 0.6) is 5.75 Å². The van der Waals surface area contributed by atoms with Gasteiger partial charge in [0.2, 0.25) is 0 Å². The van der Waals surface area contributed by atoms with E-state index in [1.807, 2.05) is 0 Å². The van der Waals surface area contributed by atoms with Crippen LogP contribution < -0.4 is 0 Å². The molecule has 1 aliphatic rings. The van der Waals surface area contributed by atoms with E-state index < -0.39 is 30.3 Å². The summed E-state index contributed by atoms with van der Waals surface area (Å²) < 4.78 is 15.9. The maximum atomic E-state index is 11.2. The predicted octanol–water partition coefficient (Wildman–Crippen LogP) is 1.72. The Morgan fingerprint density at radius 3 is 2.62 bits per heavy atom. The summed E-state index contributed by atoms with van der Waals surface area (Å²) in [6.45, 7) is 2.63. The number of carbonyl (C=O) groups excluding carboxylic acids is 2. The molecule has 1 fully saturated rings. The maximum Gasteiger partial charge on any atom is 0.302 e. The Balaban J connectivity index is 2.11. The summed E-state index contributed by atoms with van der Waals surface area (Å²) in [5.74, 6) is -0.724. The first-order valence-corrected chi connectivity index (χ1v) is 6.71. The Morgan fingerprint density at radius 2 is 2.00 bits per heavy atom. The molecule has 1 aromatic rings. The van der Waals surface area contributed by atoms with Crippen molar-refractivity contribution in [3.8, 4) is 5.75 Å². The van der Waals surface area contributed by atoms with Gasteiger partial charge in [-0.3, -0.25) is 9.59 Å². The molecule has 0 aliphatic carbocycles. The van der Waals surface area contributed by atoms with E-state index in [0.29, 0.717) is 12.0 Å². The second kappa shape index (κ2) is 6.58. The topological polar surface area (TPSA) is 82.1 Å². The summed E-state index contributed by atoms with van der Waals surface area (Å²) in [5.41, 5.74) is 0.625. The van der Waals surface area contributed by atoms with Crippen LogP contribution in [0.15, 0.2) is 24.3 Å². The van der Waals surface area contributed by atoms with Crippen molar-refractivity contribution in [1.29, 1.82) is 0 Å². The lowest BCUT2D eigenvalue weighted by Crippen LogP contribution is -2.31. The minimum Gasteiger partial charge on any atom is -0.508 e. The van der Waals surface area contributed by atoms with E-state index in [9.17, 15) is 14.7 Å². The summed E-state index contributed by atoms with van der Waals surface area (Å²) in [5, 5.41) is 9.87. The van der Waals surface area contributed by atoms with Gasteiger partial charge in [-0.2, -0.15) is 0 Å². The van der Waals surface area contributed by atoms with Crippen molar-refractivity contribution in [2.75, 3.05) is 6.61 Å². The fourth-order valence-corrected chi connectivity index (χ4v) is 2.36. The number of para-hydroxylation sites is 1. The molecule has 0 saturated carbocycles. The van der Waals surface area contributed by atoms with Crippen LogP contribution in [0, 0.1) is 0 Å². The molecule has 1 heterocycles. The van der Waals surface area contributed by atoms with Gasteiger partial charge in [-0.1, -0.05) is 18.2 Å². The second-order valence-electron chi connectivity index (χ2n) is 4.91. The fraction of sp³-hybridized carbons (Fsp3) is 0.467. The van der Waals surface area contributed by atoms with Gasteiger partial charge in [0, 0.05) is 25.8 Å². The average molecular weight is 294 g/mol. The van der Waals surface area contributed by atoms with Crippen molar-refractivity contribution in [1.82, 2.24) is 0 Å². The molecule has 114 valence electrons. The highest BCUT2D eigenvalue weighted by atomic mass is 16.6. The van der Waals surface area contributed by atoms with Gasteiger partial charge in [0.15, 0.2) is 0 Å². The summed E-state index contributed by atoms with van der Waals surface area (Å²) in [7, 11) is 0. The van der Waals surface area contributed by atoms with Crippen LogP contribution in [0.1, 0.15) is 31.9 Å². The first-order valence-electron chi connectivity index (χ1n) is 6.71. The highest BCUT2D eigenvalue weighted by Gasteiger charge is 2.39. The van der Waals surface area contributed by atoms with Gasteiger partial charge in [-0.15, -0.1) is 0 Å². The van der Waals surface area contributed by atoms with Gasteiger partial charge < -0.3 is 19.3 Å². The molecule has 1 saturated heterocycles. The molecule has 0 unspecified atom stereocenters. The van der Waals surface area contributed by atoms with Crippen LogP contribution in [-0.2, 0) is 23.8 Å². The molecule has 0 aromatic heterocycles. The zero-order valence-electron chi connectivity index (χ0n) is 11.9. The van der Waals surface area contributed by atoms with Crippen molar-refractivity contribution in [2.45, 2.75) is 38.6 Å². The number of ether oxygens (including phenoxy) is 3. The van der Waals surface area contributed by atoms with Crippen molar-refractivity contribution in [3.05, 3.63) is 29.8 Å². The van der Waals surface area contributed by atoms with Gasteiger partial charge in [-0.25, -0.2) is 0 Å². The standard InChI is InChI=1S/C15H18O6/c1-9(16)19-8-15-14(20-10(2)17)7-13(21-15)11-5-3-4-6-12(11)18/h3-6,13-15,18H,7-8H2,1-2H3/t13-,14+,15-/m1/s1. The maximum absolute atomic E-state index is 11.2. The number of benzene rings is 1. The van der Waals surface area contributed by atoms with Crippen molar-refractivity contribution < 1.29 is 28.9 Å². The molecule has 3 atom stereocenters. The lowest BCUT2D eigenvalue weighted by molar-refractivity contribution is -0.154. The van der Waals surface area contributed by atoms with E-state index in [1.54, 1.807) is 24.3 Å². The SMILES string of the molecule is CC(=O)OC[C@H]1O[C@@H](c2ccccc2O)C[C@@H]1OC(C)=O. The number of aromatic hydroxyl groups is 1. The Kier molecular flexibility index (Phi) is 4.80. The van der Waals surface area contributed by atoms with Crippen LogP contribution in [0.25, 0.3) is 0 Å². The first-order chi connectivity index (χ1) is 9.97. The number of phenols is 1. The van der Waals surface area contributed by atoms with Crippen LogP contribution in [-0.4, -0.2) is 35.9 Å². The lowest BCUT2D eigenvalue weighted by atomic mass is 10.0. The monoisotopic (exact) mass is 294 g/mol. The van der Waals surface area contributed by atoms with Gasteiger partial charge in [0.1, 0.15) is 24.6 Å². The number of hydrogen-bond acceptors (Lipinski definition) is 6. The Morgan fingerprint density at radius 1 is 1.29 bits per heavy atom. The van der Waals surface area contributed by atoms with Gasteiger partial charge >= 0.3 is 11.9 Å². The predicted molar refractivity (Wildman–Crippen MR) is 72.5 cm³/mol. The number of esters is 2. The molecule has 1 aliphatic heterocycles. The summed E-state index contributed by atoms with van der Waals surface area (Å²) in [6.07, 6.45) is -1.05. The largest absolute Gasteiger partial charge is 0.508 e. The molecule has 6 nitrogen and oxygen atoms in total. The highest BCUT2D eigenvalue weighted by molar-refractivity contribution is 5.66. The smallest absolute Gasteiger partial charge is 0.302 e. The summed E-state index contributed by atoms with van der Waals surface area (Å²) >= 11 is 0. The van der Waals surface area contributed by atoms with Gasteiger partial charge in [-0.05, 0) is 6.07 Å². The van der Waals surface area contributed by atoms with E-state index in [0.717, 1.165) is 0 Å². The zero-order chi connectivity index (χ0) is 15.4. The van der Waals surface area contributed by atoms with Crippen molar-refractivity contribution >= 4 is 11.9 Å². The van der Waals surface area contributed by atoms with Crippen LogP contribution in [0.2, 0.25) is 0 Å². The van der Waals surface area contributed by atoms with E-state index in [4.69, 9.17) is 14.2 Å². The molecule has 1 aromatic carbocycles. The third kappa shape index (κ3) is 3.95. The Bertz CT molecular complexity index is 527. The number of rotatable bonds is 4. The third-order valence-electron chi connectivity index (χ3n) is 3.25. The first kappa shape index (κ1) is 15.3.